The molecule has 1 atom stereocenters. The lowest BCUT2D eigenvalue weighted by molar-refractivity contribution is -0.144. The molecule has 3 rings (SSSR count). The van der Waals surface area contributed by atoms with Crippen LogP contribution in [0, 0.1) is 0 Å². The molecule has 0 aliphatic carbocycles. The summed E-state index contributed by atoms with van der Waals surface area (Å²) in [6.07, 6.45) is -0.417. The number of ether oxygens (including phenoxy) is 2. The number of fused-ring (bicyclic) bond motifs is 1. The highest BCUT2D eigenvalue weighted by Gasteiger charge is 2.31. The third-order valence-corrected chi connectivity index (χ3v) is 3.86. The lowest BCUT2D eigenvalue weighted by atomic mass is 10.2. The van der Waals surface area contributed by atoms with Crippen molar-refractivity contribution < 1.29 is 19.1 Å². The fraction of sp³-hybridized carbons (Fsp3) is 0.263. The smallest absolute Gasteiger partial charge is 0.307 e. The van der Waals surface area contributed by atoms with Crippen LogP contribution in [0.2, 0.25) is 0 Å². The lowest BCUT2D eigenvalue weighted by Crippen LogP contribution is -2.45. The molecule has 0 saturated heterocycles. The first-order valence-corrected chi connectivity index (χ1v) is 7.92. The molecule has 0 unspecified atom stereocenters. The summed E-state index contributed by atoms with van der Waals surface area (Å²) in [5, 5.41) is 0. The second kappa shape index (κ2) is 7.17. The Morgan fingerprint density at radius 3 is 2.62 bits per heavy atom. The van der Waals surface area contributed by atoms with Gasteiger partial charge >= 0.3 is 5.97 Å². The average Bonchev–Trinajstić information content (AvgIpc) is 2.61. The van der Waals surface area contributed by atoms with E-state index in [-0.39, 0.29) is 31.4 Å². The van der Waals surface area contributed by atoms with Crippen LogP contribution in [0.4, 0.5) is 5.69 Å². The number of carbonyl (C=O) groups is 2. The molecule has 124 valence electrons. The van der Waals surface area contributed by atoms with Crippen LogP contribution in [0.5, 0.6) is 5.75 Å². The lowest BCUT2D eigenvalue weighted by Gasteiger charge is -2.32. The van der Waals surface area contributed by atoms with Gasteiger partial charge in [-0.1, -0.05) is 42.5 Å². The van der Waals surface area contributed by atoms with Crippen molar-refractivity contribution in [2.24, 2.45) is 0 Å². The highest BCUT2D eigenvalue weighted by atomic mass is 16.5. The van der Waals surface area contributed by atoms with Crippen molar-refractivity contribution in [3.63, 3.8) is 0 Å². The fourth-order valence-electron chi connectivity index (χ4n) is 2.60. The number of hydrogen-bond donors (Lipinski definition) is 0. The van der Waals surface area contributed by atoms with Crippen molar-refractivity contribution in [2.45, 2.75) is 26.1 Å². The second-order valence-corrected chi connectivity index (χ2v) is 5.61. The van der Waals surface area contributed by atoms with Gasteiger partial charge in [0.15, 0.2) is 6.10 Å². The SMILES string of the molecule is C[C@H]1Oc2ccccc2N(CCC(=O)OCc2ccccc2)C1=O. The molecule has 5 nitrogen and oxygen atoms in total. The molecule has 0 saturated carbocycles. The number of esters is 1. The summed E-state index contributed by atoms with van der Waals surface area (Å²) in [7, 11) is 0. The molecule has 0 bridgehead atoms. The first kappa shape index (κ1) is 16.1. The van der Waals surface area contributed by atoms with Gasteiger partial charge in [-0.2, -0.15) is 0 Å². The maximum Gasteiger partial charge on any atom is 0.307 e. The average molecular weight is 325 g/mol. The van der Waals surface area contributed by atoms with Crippen LogP contribution >= 0.6 is 0 Å². The Morgan fingerprint density at radius 1 is 1.12 bits per heavy atom. The zero-order valence-electron chi connectivity index (χ0n) is 13.5. The van der Waals surface area contributed by atoms with Crippen molar-refractivity contribution in [3.8, 4) is 5.75 Å². The van der Waals surface area contributed by atoms with Gasteiger partial charge in [-0.25, -0.2) is 0 Å². The van der Waals surface area contributed by atoms with E-state index < -0.39 is 6.10 Å². The fourth-order valence-corrected chi connectivity index (χ4v) is 2.60. The molecule has 0 spiro atoms. The first-order chi connectivity index (χ1) is 11.6. The molecule has 1 aliphatic rings. The highest BCUT2D eigenvalue weighted by molar-refractivity contribution is 6.00. The van der Waals surface area contributed by atoms with Crippen molar-refractivity contribution in [2.75, 3.05) is 11.4 Å². The van der Waals surface area contributed by atoms with E-state index in [0.717, 1.165) is 5.56 Å². The van der Waals surface area contributed by atoms with Gasteiger partial charge in [0, 0.05) is 6.54 Å². The van der Waals surface area contributed by atoms with Crippen molar-refractivity contribution in [1.82, 2.24) is 0 Å². The van der Waals surface area contributed by atoms with E-state index in [9.17, 15) is 9.59 Å². The number of nitrogens with zero attached hydrogens (tertiary/aromatic N) is 1. The molecule has 24 heavy (non-hydrogen) atoms. The summed E-state index contributed by atoms with van der Waals surface area (Å²) in [5.74, 6) is 0.176. The largest absolute Gasteiger partial charge is 0.479 e. The van der Waals surface area contributed by atoms with E-state index >= 15 is 0 Å². The number of carbonyl (C=O) groups excluding carboxylic acids is 2. The molecule has 0 fully saturated rings. The van der Waals surface area contributed by atoms with Crippen LogP contribution in [0.25, 0.3) is 0 Å². The number of anilines is 1. The van der Waals surface area contributed by atoms with Gasteiger partial charge in [0.25, 0.3) is 5.91 Å². The third-order valence-electron chi connectivity index (χ3n) is 3.86. The van der Waals surface area contributed by atoms with E-state index in [1.54, 1.807) is 11.8 Å². The van der Waals surface area contributed by atoms with Gasteiger partial charge in [-0.3, -0.25) is 9.59 Å². The zero-order chi connectivity index (χ0) is 16.9. The van der Waals surface area contributed by atoms with Crippen molar-refractivity contribution in [3.05, 3.63) is 60.2 Å². The van der Waals surface area contributed by atoms with Gasteiger partial charge in [0.1, 0.15) is 12.4 Å². The Bertz CT molecular complexity index is 729. The maximum atomic E-state index is 12.3. The van der Waals surface area contributed by atoms with Crippen LogP contribution in [-0.4, -0.2) is 24.5 Å². The van der Waals surface area contributed by atoms with Gasteiger partial charge in [-0.15, -0.1) is 0 Å². The van der Waals surface area contributed by atoms with Crippen LogP contribution < -0.4 is 9.64 Å². The van der Waals surface area contributed by atoms with Crippen LogP contribution in [0.1, 0.15) is 18.9 Å². The van der Waals surface area contributed by atoms with E-state index in [2.05, 4.69) is 0 Å². The van der Waals surface area contributed by atoms with Crippen LogP contribution in [-0.2, 0) is 20.9 Å². The van der Waals surface area contributed by atoms with E-state index in [1.807, 2.05) is 54.6 Å². The standard InChI is InChI=1S/C19H19NO4/c1-14-19(22)20(16-9-5-6-10-17(16)24-14)12-11-18(21)23-13-15-7-3-2-4-8-15/h2-10,14H,11-13H2,1H3/t14-/m1/s1. The minimum atomic E-state index is -0.555. The van der Waals surface area contributed by atoms with Gasteiger partial charge < -0.3 is 14.4 Å². The minimum Gasteiger partial charge on any atom is -0.479 e. The van der Waals surface area contributed by atoms with Gasteiger partial charge in [0.2, 0.25) is 0 Å². The molecule has 0 aromatic heterocycles. The maximum absolute atomic E-state index is 12.3. The third kappa shape index (κ3) is 3.56. The van der Waals surface area contributed by atoms with E-state index in [1.165, 1.54) is 0 Å². The number of benzene rings is 2. The van der Waals surface area contributed by atoms with Gasteiger partial charge in [-0.05, 0) is 24.6 Å². The summed E-state index contributed by atoms with van der Waals surface area (Å²) in [5.41, 5.74) is 1.63. The summed E-state index contributed by atoms with van der Waals surface area (Å²) in [4.78, 5) is 25.9. The normalized spacial score (nSPS) is 16.3. The second-order valence-electron chi connectivity index (χ2n) is 5.61. The Kier molecular flexibility index (Phi) is 4.79. The monoisotopic (exact) mass is 325 g/mol. The molecule has 1 aliphatic heterocycles. The molecule has 0 radical (unpaired) electrons. The molecule has 2 aromatic rings. The predicted octanol–water partition coefficient (Wildman–Crippen LogP) is 2.93. The molecule has 0 N–H and O–H groups in total. The van der Waals surface area contributed by atoms with Crippen molar-refractivity contribution in [1.29, 1.82) is 0 Å². The summed E-state index contributed by atoms with van der Waals surface area (Å²) < 4.78 is 10.8. The topological polar surface area (TPSA) is 55.8 Å². The molecular formula is C19H19NO4. The van der Waals surface area contributed by atoms with Crippen molar-refractivity contribution >= 4 is 17.6 Å². The minimum absolute atomic E-state index is 0.139. The molecular weight excluding hydrogens is 306 g/mol. The molecule has 1 heterocycles. The first-order valence-electron chi connectivity index (χ1n) is 7.92. The summed E-state index contributed by atoms with van der Waals surface area (Å²) in [6.45, 7) is 2.22. The van der Waals surface area contributed by atoms with E-state index in [4.69, 9.17) is 9.47 Å². The number of para-hydroxylation sites is 2. The van der Waals surface area contributed by atoms with Crippen LogP contribution in [0.3, 0.4) is 0 Å². The van der Waals surface area contributed by atoms with Crippen LogP contribution in [0.15, 0.2) is 54.6 Å². The zero-order valence-corrected chi connectivity index (χ0v) is 13.5. The Hall–Kier alpha value is -2.82. The molecule has 1 amide bonds. The Labute approximate surface area is 140 Å². The number of amides is 1. The molecule has 5 heteroatoms. The summed E-state index contributed by atoms with van der Waals surface area (Å²) >= 11 is 0. The highest BCUT2D eigenvalue weighted by Crippen LogP contribution is 2.33. The molecule has 2 aromatic carbocycles. The number of hydrogen-bond acceptors (Lipinski definition) is 4. The Morgan fingerprint density at radius 2 is 1.83 bits per heavy atom. The van der Waals surface area contributed by atoms with E-state index in [0.29, 0.717) is 11.4 Å². The predicted molar refractivity (Wildman–Crippen MR) is 89.7 cm³/mol. The number of rotatable bonds is 5. The van der Waals surface area contributed by atoms with Gasteiger partial charge in [0.05, 0.1) is 12.1 Å². The Balaban J connectivity index is 1.59. The summed E-state index contributed by atoms with van der Waals surface area (Å²) in [6, 6.07) is 16.8. The quantitative estimate of drug-likeness (QED) is 0.793.